The first kappa shape index (κ1) is 20.0. The summed E-state index contributed by atoms with van der Waals surface area (Å²) in [5, 5.41) is 31.6. The topological polar surface area (TPSA) is 125 Å². The van der Waals surface area contributed by atoms with E-state index in [9.17, 15) is 24.9 Å². The second-order valence-electron chi connectivity index (χ2n) is 5.82. The summed E-state index contributed by atoms with van der Waals surface area (Å²) < 4.78 is 11.0. The SMILES string of the molecule is CC(=O)CCCCCO[C@@H]1OC(CO)[C@H](O)C(O)C1NC(C)=O. The van der Waals surface area contributed by atoms with Crippen LogP contribution in [0.4, 0.5) is 0 Å². The van der Waals surface area contributed by atoms with Gasteiger partial charge in [0.1, 0.15) is 30.1 Å². The average molecular weight is 333 g/mol. The van der Waals surface area contributed by atoms with E-state index in [1.165, 1.54) is 6.92 Å². The summed E-state index contributed by atoms with van der Waals surface area (Å²) in [6.07, 6.45) is -1.72. The molecule has 8 heteroatoms. The van der Waals surface area contributed by atoms with Crippen LogP contribution >= 0.6 is 0 Å². The molecule has 0 aliphatic carbocycles. The largest absolute Gasteiger partial charge is 0.394 e. The normalized spacial score (nSPS) is 30.9. The molecule has 134 valence electrons. The van der Waals surface area contributed by atoms with Crippen molar-refractivity contribution in [3.63, 3.8) is 0 Å². The number of carbonyl (C=O) groups is 2. The number of carbonyl (C=O) groups excluding carboxylic acids is 2. The highest BCUT2D eigenvalue weighted by molar-refractivity contribution is 5.75. The summed E-state index contributed by atoms with van der Waals surface area (Å²) in [6, 6.07) is -0.914. The van der Waals surface area contributed by atoms with Crippen LogP contribution in [0.5, 0.6) is 0 Å². The van der Waals surface area contributed by atoms with Gasteiger partial charge < -0.3 is 34.9 Å². The molecule has 0 aromatic carbocycles. The number of unbranched alkanes of at least 4 members (excludes halogenated alkanes) is 2. The van der Waals surface area contributed by atoms with Gasteiger partial charge in [0, 0.05) is 20.0 Å². The van der Waals surface area contributed by atoms with Crippen molar-refractivity contribution in [3.05, 3.63) is 0 Å². The fourth-order valence-electron chi connectivity index (χ4n) is 2.47. The van der Waals surface area contributed by atoms with Gasteiger partial charge in [-0.25, -0.2) is 0 Å². The van der Waals surface area contributed by atoms with Crippen LogP contribution in [0.15, 0.2) is 0 Å². The zero-order valence-corrected chi connectivity index (χ0v) is 13.6. The van der Waals surface area contributed by atoms with Gasteiger partial charge >= 0.3 is 0 Å². The van der Waals surface area contributed by atoms with Crippen molar-refractivity contribution < 1.29 is 34.4 Å². The van der Waals surface area contributed by atoms with E-state index in [-0.39, 0.29) is 11.7 Å². The predicted octanol–water partition coefficient (Wildman–Crippen LogP) is -0.904. The van der Waals surface area contributed by atoms with Gasteiger partial charge in [-0.15, -0.1) is 0 Å². The van der Waals surface area contributed by atoms with E-state index in [2.05, 4.69) is 5.32 Å². The number of nitrogens with one attached hydrogen (secondary N) is 1. The molecule has 1 amide bonds. The molecule has 0 bridgehead atoms. The summed E-state index contributed by atoms with van der Waals surface area (Å²) in [5.74, 6) is -0.238. The predicted molar refractivity (Wildman–Crippen MR) is 80.5 cm³/mol. The zero-order chi connectivity index (χ0) is 17.4. The quantitative estimate of drug-likeness (QED) is 0.403. The number of aliphatic hydroxyl groups is 3. The van der Waals surface area contributed by atoms with Crippen LogP contribution in [-0.4, -0.2) is 70.9 Å². The second-order valence-corrected chi connectivity index (χ2v) is 5.82. The van der Waals surface area contributed by atoms with E-state index < -0.39 is 37.3 Å². The molecule has 0 aromatic rings. The Morgan fingerprint density at radius 3 is 2.39 bits per heavy atom. The third-order valence-corrected chi connectivity index (χ3v) is 3.71. The molecule has 1 saturated heterocycles. The van der Waals surface area contributed by atoms with Crippen LogP contribution in [0, 0.1) is 0 Å². The highest BCUT2D eigenvalue weighted by atomic mass is 16.7. The third kappa shape index (κ3) is 6.52. The molecule has 8 nitrogen and oxygen atoms in total. The number of ketones is 1. The van der Waals surface area contributed by atoms with Crippen molar-refractivity contribution in [1.82, 2.24) is 5.32 Å². The summed E-state index contributed by atoms with van der Waals surface area (Å²) in [7, 11) is 0. The van der Waals surface area contributed by atoms with Gasteiger partial charge in [0.15, 0.2) is 6.29 Å². The van der Waals surface area contributed by atoms with Gasteiger partial charge in [-0.1, -0.05) is 6.42 Å². The molecular weight excluding hydrogens is 306 g/mol. The molecule has 1 aliphatic heterocycles. The molecule has 4 N–H and O–H groups in total. The van der Waals surface area contributed by atoms with Gasteiger partial charge in [-0.3, -0.25) is 4.79 Å². The van der Waals surface area contributed by atoms with Gasteiger partial charge in [0.25, 0.3) is 0 Å². The maximum Gasteiger partial charge on any atom is 0.217 e. The Morgan fingerprint density at radius 2 is 1.83 bits per heavy atom. The Bertz CT molecular complexity index is 390. The Labute approximate surface area is 135 Å². The van der Waals surface area contributed by atoms with Crippen molar-refractivity contribution in [2.45, 2.75) is 70.2 Å². The first-order valence-electron chi connectivity index (χ1n) is 7.87. The molecule has 0 radical (unpaired) electrons. The van der Waals surface area contributed by atoms with Crippen molar-refractivity contribution in [2.24, 2.45) is 0 Å². The van der Waals surface area contributed by atoms with Gasteiger partial charge in [0.2, 0.25) is 5.91 Å². The summed E-state index contributed by atoms with van der Waals surface area (Å²) in [5.41, 5.74) is 0. The lowest BCUT2D eigenvalue weighted by Crippen LogP contribution is -2.64. The van der Waals surface area contributed by atoms with Crippen LogP contribution < -0.4 is 5.32 Å². The lowest BCUT2D eigenvalue weighted by atomic mass is 9.97. The monoisotopic (exact) mass is 333 g/mol. The number of hydrogen-bond donors (Lipinski definition) is 4. The number of amides is 1. The summed E-state index contributed by atoms with van der Waals surface area (Å²) in [6.45, 7) is 2.69. The highest BCUT2D eigenvalue weighted by Crippen LogP contribution is 2.22. The summed E-state index contributed by atoms with van der Waals surface area (Å²) in [4.78, 5) is 22.1. The van der Waals surface area contributed by atoms with Gasteiger partial charge in [-0.05, 0) is 19.8 Å². The molecule has 0 spiro atoms. The van der Waals surface area contributed by atoms with Gasteiger partial charge in [-0.2, -0.15) is 0 Å². The van der Waals surface area contributed by atoms with Gasteiger partial charge in [0.05, 0.1) is 6.61 Å². The molecule has 0 aromatic heterocycles. The molecule has 1 rings (SSSR count). The van der Waals surface area contributed by atoms with Crippen LogP contribution in [0.1, 0.15) is 39.5 Å². The van der Waals surface area contributed by atoms with Crippen molar-refractivity contribution >= 4 is 11.7 Å². The zero-order valence-electron chi connectivity index (χ0n) is 13.6. The number of Topliss-reactive ketones (excluding diaryl/α,β-unsaturated/α-hetero) is 1. The van der Waals surface area contributed by atoms with Crippen molar-refractivity contribution in [1.29, 1.82) is 0 Å². The lowest BCUT2D eigenvalue weighted by molar-refractivity contribution is -0.270. The average Bonchev–Trinajstić information content (AvgIpc) is 2.48. The Balaban J connectivity index is 2.49. The number of rotatable bonds is 9. The molecule has 1 heterocycles. The van der Waals surface area contributed by atoms with Crippen LogP contribution in [0.3, 0.4) is 0 Å². The van der Waals surface area contributed by atoms with Crippen LogP contribution in [-0.2, 0) is 19.1 Å². The van der Waals surface area contributed by atoms with Crippen molar-refractivity contribution in [2.75, 3.05) is 13.2 Å². The molecule has 1 fully saturated rings. The fourth-order valence-corrected chi connectivity index (χ4v) is 2.47. The minimum Gasteiger partial charge on any atom is -0.394 e. The standard InChI is InChI=1S/C15H27NO7/c1-9(18)6-4-3-5-7-22-15-12(16-10(2)19)14(21)13(20)11(8-17)23-15/h11-15,17,20-21H,3-8H2,1-2H3,(H,16,19)/t11?,12?,13-,14?,15+/m0/s1. The van der Waals surface area contributed by atoms with Crippen LogP contribution in [0.2, 0.25) is 0 Å². The maximum atomic E-state index is 11.2. The minimum atomic E-state index is -1.31. The third-order valence-electron chi connectivity index (χ3n) is 3.71. The molecule has 1 aliphatic rings. The van der Waals surface area contributed by atoms with E-state index in [4.69, 9.17) is 9.47 Å². The number of ether oxygens (including phenoxy) is 2. The fraction of sp³-hybridized carbons (Fsp3) is 0.867. The van der Waals surface area contributed by atoms with Crippen LogP contribution in [0.25, 0.3) is 0 Å². The molecule has 5 atom stereocenters. The Morgan fingerprint density at radius 1 is 1.13 bits per heavy atom. The van der Waals surface area contributed by atoms with E-state index in [0.29, 0.717) is 19.4 Å². The molecular formula is C15H27NO7. The number of hydrogen-bond acceptors (Lipinski definition) is 7. The Hall–Kier alpha value is -1.06. The number of aliphatic hydroxyl groups excluding tert-OH is 3. The Kier molecular flexibility index (Phi) is 8.64. The summed E-state index contributed by atoms with van der Waals surface area (Å²) >= 11 is 0. The van der Waals surface area contributed by atoms with E-state index in [1.54, 1.807) is 6.92 Å². The first-order chi connectivity index (χ1) is 10.9. The molecule has 3 unspecified atom stereocenters. The highest BCUT2D eigenvalue weighted by Gasteiger charge is 2.45. The van der Waals surface area contributed by atoms with Crippen molar-refractivity contribution in [3.8, 4) is 0 Å². The maximum absolute atomic E-state index is 11.2. The minimum absolute atomic E-state index is 0.148. The van der Waals surface area contributed by atoms with E-state index >= 15 is 0 Å². The second kappa shape index (κ2) is 9.94. The molecule has 23 heavy (non-hydrogen) atoms. The van der Waals surface area contributed by atoms with E-state index in [1.807, 2.05) is 0 Å². The first-order valence-corrected chi connectivity index (χ1v) is 7.87. The molecule has 0 saturated carbocycles. The van der Waals surface area contributed by atoms with E-state index in [0.717, 1.165) is 12.8 Å². The lowest BCUT2D eigenvalue weighted by Gasteiger charge is -2.42. The smallest absolute Gasteiger partial charge is 0.217 e.